The van der Waals surface area contributed by atoms with Gasteiger partial charge in [0.2, 0.25) is 0 Å². The highest BCUT2D eigenvalue weighted by Crippen LogP contribution is 2.22. The summed E-state index contributed by atoms with van der Waals surface area (Å²) in [5, 5.41) is 20.2. The number of fused-ring (bicyclic) bond motifs is 1. The van der Waals surface area contributed by atoms with Crippen molar-refractivity contribution in [3.63, 3.8) is 0 Å². The number of nitrogens with one attached hydrogen (secondary N) is 1. The lowest BCUT2D eigenvalue weighted by Gasteiger charge is -2.24. The number of hydrogen-bond donors (Lipinski definition) is 1. The molecule has 0 saturated carbocycles. The van der Waals surface area contributed by atoms with Gasteiger partial charge in [-0.3, -0.25) is 9.58 Å². The summed E-state index contributed by atoms with van der Waals surface area (Å²) >= 11 is 0. The van der Waals surface area contributed by atoms with Crippen LogP contribution in [-0.2, 0) is 19.6 Å². The molecule has 0 spiro atoms. The monoisotopic (exact) mass is 338 g/mol. The van der Waals surface area contributed by atoms with E-state index in [-0.39, 0.29) is 6.04 Å². The molecule has 1 atom stereocenters. The normalized spacial score (nSPS) is 15.3. The number of hydrogen-bond acceptors (Lipinski definition) is 6. The van der Waals surface area contributed by atoms with Crippen molar-refractivity contribution in [3.8, 4) is 5.69 Å². The van der Waals surface area contributed by atoms with Gasteiger partial charge in [-0.2, -0.15) is 9.78 Å². The van der Waals surface area contributed by atoms with Crippen molar-refractivity contribution in [1.29, 1.82) is 0 Å². The van der Waals surface area contributed by atoms with E-state index in [0.29, 0.717) is 0 Å². The Morgan fingerprint density at radius 2 is 2.12 bits per heavy atom. The third kappa shape index (κ3) is 3.06. The highest BCUT2D eigenvalue weighted by molar-refractivity contribution is 5.31. The van der Waals surface area contributed by atoms with Crippen LogP contribution < -0.4 is 5.32 Å². The molecule has 2 aromatic heterocycles. The van der Waals surface area contributed by atoms with E-state index in [2.05, 4.69) is 49.5 Å². The zero-order chi connectivity index (χ0) is 17.2. The Hall–Kier alpha value is -2.58. The fourth-order valence-electron chi connectivity index (χ4n) is 3.18. The van der Waals surface area contributed by atoms with E-state index in [0.717, 1.165) is 37.7 Å². The Balaban J connectivity index is 1.55. The molecule has 130 valence electrons. The van der Waals surface area contributed by atoms with E-state index in [4.69, 9.17) is 0 Å². The maximum absolute atomic E-state index is 4.50. The summed E-state index contributed by atoms with van der Waals surface area (Å²) in [4.78, 5) is 2.25. The smallest absolute Gasteiger partial charge is 0.173 e. The molecule has 1 N–H and O–H groups in total. The lowest BCUT2D eigenvalue weighted by molar-refractivity contribution is 0.239. The largest absolute Gasteiger partial charge is 0.309 e. The zero-order valence-electron chi connectivity index (χ0n) is 14.5. The lowest BCUT2D eigenvalue weighted by atomic mass is 10.2. The van der Waals surface area contributed by atoms with Gasteiger partial charge in [-0.15, -0.1) is 5.10 Å². The van der Waals surface area contributed by atoms with Crippen LogP contribution in [0.5, 0.6) is 0 Å². The topological polar surface area (TPSA) is 76.7 Å². The van der Waals surface area contributed by atoms with E-state index in [9.17, 15) is 0 Å². The molecule has 1 aromatic carbocycles. The number of nitrogens with zero attached hydrogens (tertiary/aromatic N) is 7. The standard InChI is InChI=1S/C17H22N8/c1-13(17-20-21-22-25(17)15-6-4-3-5-7-15)23(2)12-14-10-19-24-9-8-18-11-16(14)24/h3-7,10,13,18H,8-9,11-12H2,1-2H3. The predicted octanol–water partition coefficient (Wildman–Crippen LogP) is 1.15. The first-order valence-electron chi connectivity index (χ1n) is 8.52. The van der Waals surface area contributed by atoms with Crippen LogP contribution in [0.2, 0.25) is 0 Å². The molecule has 0 fully saturated rings. The Morgan fingerprint density at radius 3 is 2.96 bits per heavy atom. The van der Waals surface area contributed by atoms with Crippen molar-refractivity contribution >= 4 is 0 Å². The second kappa shape index (κ2) is 6.73. The van der Waals surface area contributed by atoms with Crippen molar-refractivity contribution in [2.24, 2.45) is 0 Å². The molecule has 1 aliphatic rings. The second-order valence-electron chi connectivity index (χ2n) is 6.39. The maximum Gasteiger partial charge on any atom is 0.173 e. The van der Waals surface area contributed by atoms with Crippen LogP contribution in [0.3, 0.4) is 0 Å². The predicted molar refractivity (Wildman–Crippen MR) is 93.0 cm³/mol. The summed E-state index contributed by atoms with van der Waals surface area (Å²) in [7, 11) is 2.09. The SMILES string of the molecule is CC(c1nnnn1-c1ccccc1)N(C)Cc1cnn2c1CNCC2. The third-order valence-corrected chi connectivity index (χ3v) is 4.78. The van der Waals surface area contributed by atoms with Crippen LogP contribution in [0.25, 0.3) is 5.69 Å². The van der Waals surface area contributed by atoms with Crippen LogP contribution in [0.1, 0.15) is 30.0 Å². The molecule has 0 radical (unpaired) electrons. The van der Waals surface area contributed by atoms with Gasteiger partial charge in [-0.1, -0.05) is 18.2 Å². The van der Waals surface area contributed by atoms with Crippen LogP contribution >= 0.6 is 0 Å². The first-order chi connectivity index (χ1) is 12.2. The van der Waals surface area contributed by atoms with Crippen molar-refractivity contribution < 1.29 is 0 Å². The number of benzene rings is 1. The van der Waals surface area contributed by atoms with E-state index < -0.39 is 0 Å². The van der Waals surface area contributed by atoms with Gasteiger partial charge < -0.3 is 5.32 Å². The highest BCUT2D eigenvalue weighted by atomic mass is 15.6. The van der Waals surface area contributed by atoms with Crippen LogP contribution in [0.15, 0.2) is 36.5 Å². The van der Waals surface area contributed by atoms with Gasteiger partial charge in [0.1, 0.15) is 0 Å². The van der Waals surface area contributed by atoms with Gasteiger partial charge in [-0.25, -0.2) is 0 Å². The second-order valence-corrected chi connectivity index (χ2v) is 6.39. The molecule has 4 rings (SSSR count). The first-order valence-corrected chi connectivity index (χ1v) is 8.52. The molecule has 3 aromatic rings. The molecule has 0 aliphatic carbocycles. The van der Waals surface area contributed by atoms with Gasteiger partial charge in [0, 0.05) is 25.2 Å². The Bertz CT molecular complexity index is 837. The molecule has 25 heavy (non-hydrogen) atoms. The summed E-state index contributed by atoms with van der Waals surface area (Å²) in [6.45, 7) is 5.71. The summed E-state index contributed by atoms with van der Waals surface area (Å²) in [5.74, 6) is 0.827. The van der Waals surface area contributed by atoms with E-state index in [1.54, 1.807) is 4.68 Å². The van der Waals surface area contributed by atoms with Crippen molar-refractivity contribution in [2.75, 3.05) is 13.6 Å². The zero-order valence-corrected chi connectivity index (χ0v) is 14.5. The Morgan fingerprint density at radius 1 is 1.28 bits per heavy atom. The molecule has 1 aliphatic heterocycles. The Labute approximate surface area is 146 Å². The van der Waals surface area contributed by atoms with Gasteiger partial charge in [0.25, 0.3) is 0 Å². The molecule has 0 saturated heterocycles. The van der Waals surface area contributed by atoms with Crippen LogP contribution in [-0.4, -0.2) is 48.5 Å². The first kappa shape index (κ1) is 15.9. The van der Waals surface area contributed by atoms with Gasteiger partial charge in [-0.05, 0) is 36.5 Å². The molecular formula is C17H22N8. The molecular weight excluding hydrogens is 316 g/mol. The fraction of sp³-hybridized carbons (Fsp3) is 0.412. The van der Waals surface area contributed by atoms with E-state index >= 15 is 0 Å². The maximum atomic E-state index is 4.50. The molecule has 0 bridgehead atoms. The molecule has 8 heteroatoms. The fourth-order valence-corrected chi connectivity index (χ4v) is 3.18. The third-order valence-electron chi connectivity index (χ3n) is 4.78. The van der Waals surface area contributed by atoms with Crippen molar-refractivity contribution in [2.45, 2.75) is 32.6 Å². The molecule has 3 heterocycles. The summed E-state index contributed by atoms with van der Waals surface area (Å²) in [6, 6.07) is 10.0. The van der Waals surface area contributed by atoms with Gasteiger partial charge in [0.15, 0.2) is 5.82 Å². The lowest BCUT2D eigenvalue weighted by Crippen LogP contribution is -2.30. The highest BCUT2D eigenvalue weighted by Gasteiger charge is 2.22. The average molecular weight is 338 g/mol. The van der Waals surface area contributed by atoms with Crippen LogP contribution in [0, 0.1) is 0 Å². The molecule has 8 nitrogen and oxygen atoms in total. The average Bonchev–Trinajstić information content (AvgIpc) is 3.29. The van der Waals surface area contributed by atoms with Crippen LogP contribution in [0.4, 0.5) is 0 Å². The van der Waals surface area contributed by atoms with Gasteiger partial charge >= 0.3 is 0 Å². The summed E-state index contributed by atoms with van der Waals surface area (Å²) < 4.78 is 3.90. The van der Waals surface area contributed by atoms with E-state index in [1.807, 2.05) is 36.5 Å². The minimum Gasteiger partial charge on any atom is -0.309 e. The quantitative estimate of drug-likeness (QED) is 0.752. The number of aromatic nitrogens is 6. The number of para-hydroxylation sites is 1. The number of tetrazole rings is 1. The van der Waals surface area contributed by atoms with E-state index in [1.165, 1.54) is 11.3 Å². The van der Waals surface area contributed by atoms with Crippen molar-refractivity contribution in [1.82, 2.24) is 40.2 Å². The van der Waals surface area contributed by atoms with Crippen molar-refractivity contribution in [3.05, 3.63) is 53.6 Å². The molecule has 1 unspecified atom stereocenters. The number of rotatable bonds is 5. The Kier molecular flexibility index (Phi) is 4.29. The summed E-state index contributed by atoms with van der Waals surface area (Å²) in [6.07, 6.45) is 1.98. The minimum atomic E-state index is 0.0716. The minimum absolute atomic E-state index is 0.0716. The van der Waals surface area contributed by atoms with Gasteiger partial charge in [0.05, 0.1) is 30.2 Å². The summed E-state index contributed by atoms with van der Waals surface area (Å²) in [5.41, 5.74) is 3.49. The molecule has 0 amide bonds.